The number of para-hydroxylation sites is 2. The van der Waals surface area contributed by atoms with Crippen LogP contribution in [0.15, 0.2) is 64.5 Å². The molecule has 4 rings (SSSR count). The first-order valence-electron chi connectivity index (χ1n) is 11.5. The molecule has 0 unspecified atom stereocenters. The average Bonchev–Trinajstić information content (AvgIpc) is 3.31. The molecule has 2 amide bonds. The summed E-state index contributed by atoms with van der Waals surface area (Å²) in [6, 6.07) is 16.7. The number of carbonyl (C=O) groups is 2. The number of fused-ring (bicyclic) bond motifs is 3. The highest BCUT2D eigenvalue weighted by Crippen LogP contribution is 2.23. The van der Waals surface area contributed by atoms with Crippen LogP contribution in [0, 0.1) is 0 Å². The van der Waals surface area contributed by atoms with Gasteiger partial charge in [0.15, 0.2) is 5.16 Å². The van der Waals surface area contributed by atoms with Crippen LogP contribution in [-0.2, 0) is 16.1 Å². The molecule has 0 fully saturated rings. The van der Waals surface area contributed by atoms with Gasteiger partial charge in [0.05, 0.1) is 16.7 Å². The number of aryl methyl sites for hydroxylation is 1. The van der Waals surface area contributed by atoms with Crippen molar-refractivity contribution < 1.29 is 9.59 Å². The van der Waals surface area contributed by atoms with Gasteiger partial charge in [-0.05, 0) is 37.6 Å². The molecule has 2 heterocycles. The number of amides is 2. The number of nitrogens with one attached hydrogen (secondary N) is 1. The standard InChI is InChI=1S/C25H28N6O3S/c1-4-17(2)26-21(32)14-15-30-23(34)19-12-8-9-13-20(19)31-24(30)27-28-25(31)35-16-22(33)29(3)18-10-6-5-7-11-18/h5-13,17H,4,14-16H2,1-3H3,(H,26,32)/t17-/m1/s1. The maximum Gasteiger partial charge on any atom is 0.262 e. The molecule has 0 aliphatic heterocycles. The van der Waals surface area contributed by atoms with Gasteiger partial charge < -0.3 is 10.2 Å². The zero-order valence-corrected chi connectivity index (χ0v) is 20.8. The molecular formula is C25H28N6O3S. The number of anilines is 1. The van der Waals surface area contributed by atoms with E-state index in [1.165, 1.54) is 16.3 Å². The van der Waals surface area contributed by atoms with Crippen LogP contribution in [-0.4, -0.2) is 49.8 Å². The molecule has 0 saturated carbocycles. The van der Waals surface area contributed by atoms with Gasteiger partial charge >= 0.3 is 0 Å². The van der Waals surface area contributed by atoms with E-state index < -0.39 is 0 Å². The minimum absolute atomic E-state index is 0.0680. The summed E-state index contributed by atoms with van der Waals surface area (Å²) in [5, 5.41) is 12.5. The van der Waals surface area contributed by atoms with E-state index in [0.717, 1.165) is 12.1 Å². The highest BCUT2D eigenvalue weighted by atomic mass is 32.2. The smallest absolute Gasteiger partial charge is 0.262 e. The first-order valence-corrected chi connectivity index (χ1v) is 12.5. The number of rotatable bonds is 9. The molecule has 0 spiro atoms. The van der Waals surface area contributed by atoms with Gasteiger partial charge in [0.1, 0.15) is 0 Å². The van der Waals surface area contributed by atoms with Crippen molar-refractivity contribution in [1.29, 1.82) is 0 Å². The van der Waals surface area contributed by atoms with Gasteiger partial charge in [0.25, 0.3) is 5.56 Å². The van der Waals surface area contributed by atoms with Crippen LogP contribution in [0.25, 0.3) is 16.7 Å². The fourth-order valence-corrected chi connectivity index (χ4v) is 4.56. The van der Waals surface area contributed by atoms with Gasteiger partial charge in [-0.25, -0.2) is 0 Å². The Morgan fingerprint density at radius 1 is 1.09 bits per heavy atom. The van der Waals surface area contributed by atoms with Crippen molar-refractivity contribution in [3.63, 3.8) is 0 Å². The second-order valence-corrected chi connectivity index (χ2v) is 9.24. The first kappa shape index (κ1) is 24.5. The van der Waals surface area contributed by atoms with Gasteiger partial charge in [0, 0.05) is 31.7 Å². The molecule has 4 aromatic rings. The predicted octanol–water partition coefficient (Wildman–Crippen LogP) is 3.10. The Hall–Kier alpha value is -3.66. The molecule has 2 aromatic carbocycles. The van der Waals surface area contributed by atoms with E-state index in [2.05, 4.69) is 15.5 Å². The molecule has 1 atom stereocenters. The summed E-state index contributed by atoms with van der Waals surface area (Å²) in [4.78, 5) is 40.0. The molecular weight excluding hydrogens is 464 g/mol. The van der Waals surface area contributed by atoms with Crippen molar-refractivity contribution >= 4 is 45.9 Å². The number of benzene rings is 2. The molecule has 10 heteroatoms. The third kappa shape index (κ3) is 5.22. The van der Waals surface area contributed by atoms with E-state index in [1.807, 2.05) is 56.3 Å². The van der Waals surface area contributed by atoms with Crippen molar-refractivity contribution in [3.05, 3.63) is 65.0 Å². The van der Waals surface area contributed by atoms with Crippen molar-refractivity contribution in [3.8, 4) is 0 Å². The maximum atomic E-state index is 13.2. The number of hydrogen-bond acceptors (Lipinski definition) is 6. The number of thioether (sulfide) groups is 1. The third-order valence-electron chi connectivity index (χ3n) is 5.90. The van der Waals surface area contributed by atoms with Gasteiger partial charge in [0.2, 0.25) is 17.6 Å². The lowest BCUT2D eigenvalue weighted by Gasteiger charge is -2.16. The van der Waals surface area contributed by atoms with E-state index in [4.69, 9.17) is 0 Å². The minimum atomic E-state index is -0.228. The summed E-state index contributed by atoms with van der Waals surface area (Å²) in [5.41, 5.74) is 1.23. The van der Waals surface area contributed by atoms with Crippen LogP contribution in [0.1, 0.15) is 26.7 Å². The van der Waals surface area contributed by atoms with Gasteiger partial charge in [-0.2, -0.15) is 0 Å². The van der Waals surface area contributed by atoms with Crippen molar-refractivity contribution in [2.45, 2.75) is 44.4 Å². The lowest BCUT2D eigenvalue weighted by Crippen LogP contribution is -2.33. The zero-order chi connectivity index (χ0) is 24.9. The monoisotopic (exact) mass is 492 g/mol. The normalized spacial score (nSPS) is 12.1. The number of aromatic nitrogens is 4. The quantitative estimate of drug-likeness (QED) is 0.360. The summed E-state index contributed by atoms with van der Waals surface area (Å²) >= 11 is 1.26. The van der Waals surface area contributed by atoms with Crippen molar-refractivity contribution in [1.82, 2.24) is 24.5 Å². The number of carbonyl (C=O) groups excluding carboxylic acids is 2. The number of nitrogens with zero attached hydrogens (tertiary/aromatic N) is 5. The fraction of sp³-hybridized carbons (Fsp3) is 0.320. The molecule has 0 bridgehead atoms. The second kappa shape index (κ2) is 10.7. The van der Waals surface area contributed by atoms with Gasteiger partial charge in [-0.15, -0.1) is 10.2 Å². The maximum absolute atomic E-state index is 13.2. The molecule has 2 aromatic heterocycles. The van der Waals surface area contributed by atoms with Crippen LogP contribution in [0.4, 0.5) is 5.69 Å². The Morgan fingerprint density at radius 2 is 1.80 bits per heavy atom. The largest absolute Gasteiger partial charge is 0.354 e. The topological polar surface area (TPSA) is 102 Å². The summed E-state index contributed by atoms with van der Waals surface area (Å²) < 4.78 is 3.26. The van der Waals surface area contributed by atoms with Gasteiger partial charge in [-0.3, -0.25) is 23.4 Å². The molecule has 0 aliphatic carbocycles. The Bertz CT molecular complexity index is 1420. The van der Waals surface area contributed by atoms with Gasteiger partial charge in [-0.1, -0.05) is 49.0 Å². The molecule has 35 heavy (non-hydrogen) atoms. The van der Waals surface area contributed by atoms with E-state index in [1.54, 1.807) is 28.5 Å². The Kier molecular flexibility index (Phi) is 7.50. The Labute approximate surface area is 207 Å². The molecule has 0 saturated heterocycles. The van der Waals surface area contributed by atoms with E-state index in [0.29, 0.717) is 21.8 Å². The minimum Gasteiger partial charge on any atom is -0.354 e. The van der Waals surface area contributed by atoms with Crippen molar-refractivity contribution in [2.24, 2.45) is 0 Å². The Balaban J connectivity index is 1.63. The van der Waals surface area contributed by atoms with Crippen LogP contribution in [0.3, 0.4) is 0 Å². The lowest BCUT2D eigenvalue weighted by molar-refractivity contribution is -0.122. The van der Waals surface area contributed by atoms with Crippen LogP contribution in [0.5, 0.6) is 0 Å². The summed E-state index contributed by atoms with van der Waals surface area (Å²) in [6.45, 7) is 4.12. The zero-order valence-electron chi connectivity index (χ0n) is 20.0. The lowest BCUT2D eigenvalue weighted by atomic mass is 10.2. The van der Waals surface area contributed by atoms with E-state index in [9.17, 15) is 14.4 Å². The van der Waals surface area contributed by atoms with Crippen LogP contribution >= 0.6 is 11.8 Å². The molecule has 0 radical (unpaired) electrons. The number of hydrogen-bond donors (Lipinski definition) is 1. The summed E-state index contributed by atoms with van der Waals surface area (Å²) in [6.07, 6.45) is 0.975. The summed E-state index contributed by atoms with van der Waals surface area (Å²) in [5.74, 6) is 0.284. The average molecular weight is 493 g/mol. The predicted molar refractivity (Wildman–Crippen MR) is 138 cm³/mol. The molecule has 9 nitrogen and oxygen atoms in total. The van der Waals surface area contributed by atoms with E-state index in [-0.39, 0.29) is 42.1 Å². The third-order valence-corrected chi connectivity index (χ3v) is 6.82. The fourth-order valence-electron chi connectivity index (χ4n) is 3.71. The first-order chi connectivity index (χ1) is 16.9. The SMILES string of the molecule is CC[C@@H](C)NC(=O)CCn1c(=O)c2ccccc2n2c(SCC(=O)N(C)c3ccccc3)nnc12. The molecule has 0 aliphatic rings. The Morgan fingerprint density at radius 3 is 2.54 bits per heavy atom. The van der Waals surface area contributed by atoms with Crippen LogP contribution < -0.4 is 15.8 Å². The van der Waals surface area contributed by atoms with Crippen LogP contribution in [0.2, 0.25) is 0 Å². The highest BCUT2D eigenvalue weighted by molar-refractivity contribution is 7.99. The summed E-state index contributed by atoms with van der Waals surface area (Å²) in [7, 11) is 1.73. The van der Waals surface area contributed by atoms with Crippen molar-refractivity contribution in [2.75, 3.05) is 17.7 Å². The molecule has 182 valence electrons. The van der Waals surface area contributed by atoms with E-state index >= 15 is 0 Å². The molecule has 1 N–H and O–H groups in total. The second-order valence-electron chi connectivity index (χ2n) is 8.30. The highest BCUT2D eigenvalue weighted by Gasteiger charge is 2.19.